The molecule has 1 aromatic rings. The van der Waals surface area contributed by atoms with Crippen molar-refractivity contribution in [3.8, 4) is 0 Å². The van der Waals surface area contributed by atoms with Crippen molar-refractivity contribution in [1.82, 2.24) is 9.88 Å². The van der Waals surface area contributed by atoms with E-state index in [0.29, 0.717) is 6.04 Å². The maximum absolute atomic E-state index is 3.44. The predicted octanol–water partition coefficient (Wildman–Crippen LogP) is 2.52. The molecule has 0 bridgehead atoms. The lowest BCUT2D eigenvalue weighted by atomic mass is 10.2. The summed E-state index contributed by atoms with van der Waals surface area (Å²) in [5.74, 6) is 1.18. The van der Waals surface area contributed by atoms with Crippen molar-refractivity contribution in [2.24, 2.45) is 0 Å². The molecule has 14 heavy (non-hydrogen) atoms. The van der Waals surface area contributed by atoms with E-state index < -0.39 is 0 Å². The van der Waals surface area contributed by atoms with Crippen LogP contribution in [-0.2, 0) is 6.54 Å². The summed E-state index contributed by atoms with van der Waals surface area (Å²) in [7, 11) is 0. The Labute approximate surface area is 91.1 Å². The Morgan fingerprint density at radius 2 is 2.36 bits per heavy atom. The van der Waals surface area contributed by atoms with E-state index in [2.05, 4.69) is 48.3 Å². The largest absolute Gasteiger partial charge is 0.349 e. The lowest BCUT2D eigenvalue weighted by molar-refractivity contribution is 0.550. The van der Waals surface area contributed by atoms with E-state index in [9.17, 15) is 0 Å². The number of nitrogens with zero attached hydrogens (tertiary/aromatic N) is 1. The Morgan fingerprint density at radius 1 is 1.57 bits per heavy atom. The number of aryl methyl sites for hydroxylation is 1. The van der Waals surface area contributed by atoms with Crippen LogP contribution in [-0.4, -0.2) is 23.1 Å². The molecular formula is C11H20N2S. The van der Waals surface area contributed by atoms with E-state index in [1.165, 1.54) is 11.4 Å². The molecule has 1 atom stereocenters. The van der Waals surface area contributed by atoms with Gasteiger partial charge in [-0.05, 0) is 31.9 Å². The van der Waals surface area contributed by atoms with E-state index in [1.54, 1.807) is 0 Å². The molecule has 0 fully saturated rings. The van der Waals surface area contributed by atoms with E-state index in [0.717, 1.165) is 13.1 Å². The Balaban J connectivity index is 2.61. The molecule has 1 aromatic heterocycles. The minimum Gasteiger partial charge on any atom is -0.349 e. The molecule has 0 aliphatic heterocycles. The lowest BCUT2D eigenvalue weighted by Gasteiger charge is -2.15. The fourth-order valence-electron chi connectivity index (χ4n) is 1.62. The average molecular weight is 212 g/mol. The Morgan fingerprint density at radius 3 is 3.00 bits per heavy atom. The SMILES string of the molecule is CCNC(C)c1cccn1CCSC. The van der Waals surface area contributed by atoms with Crippen LogP contribution in [0.15, 0.2) is 18.3 Å². The van der Waals surface area contributed by atoms with Gasteiger partial charge in [0.2, 0.25) is 0 Å². The highest BCUT2D eigenvalue weighted by Gasteiger charge is 2.07. The molecule has 80 valence electrons. The van der Waals surface area contributed by atoms with Gasteiger partial charge in [-0.15, -0.1) is 0 Å². The third-order valence-electron chi connectivity index (χ3n) is 2.35. The molecule has 0 radical (unpaired) electrons. The Hall–Kier alpha value is -0.410. The number of aromatic nitrogens is 1. The van der Waals surface area contributed by atoms with Gasteiger partial charge in [0, 0.05) is 30.2 Å². The molecule has 0 spiro atoms. The summed E-state index contributed by atoms with van der Waals surface area (Å²) in [6.45, 7) is 6.49. The molecule has 1 rings (SSSR count). The Kier molecular flexibility index (Phi) is 5.12. The van der Waals surface area contributed by atoms with Crippen LogP contribution in [0.3, 0.4) is 0 Å². The molecule has 1 N–H and O–H groups in total. The van der Waals surface area contributed by atoms with E-state index in [1.807, 2.05) is 11.8 Å². The van der Waals surface area contributed by atoms with E-state index in [-0.39, 0.29) is 0 Å². The summed E-state index contributed by atoms with van der Waals surface area (Å²) < 4.78 is 2.34. The number of rotatable bonds is 6. The zero-order chi connectivity index (χ0) is 10.4. The second-order valence-corrected chi connectivity index (χ2v) is 4.38. The third-order valence-corrected chi connectivity index (χ3v) is 2.95. The summed E-state index contributed by atoms with van der Waals surface area (Å²) in [4.78, 5) is 0. The number of thioether (sulfide) groups is 1. The van der Waals surface area contributed by atoms with Crippen molar-refractivity contribution in [2.75, 3.05) is 18.6 Å². The van der Waals surface area contributed by atoms with Gasteiger partial charge >= 0.3 is 0 Å². The molecule has 0 aromatic carbocycles. The number of hydrogen-bond donors (Lipinski definition) is 1. The van der Waals surface area contributed by atoms with Gasteiger partial charge in [-0.2, -0.15) is 11.8 Å². The third kappa shape index (κ3) is 3.07. The monoisotopic (exact) mass is 212 g/mol. The molecule has 2 nitrogen and oxygen atoms in total. The molecular weight excluding hydrogens is 192 g/mol. The maximum Gasteiger partial charge on any atom is 0.0446 e. The van der Waals surface area contributed by atoms with Crippen molar-refractivity contribution in [3.63, 3.8) is 0 Å². The van der Waals surface area contributed by atoms with Gasteiger partial charge in [-0.3, -0.25) is 0 Å². The van der Waals surface area contributed by atoms with Gasteiger partial charge in [0.1, 0.15) is 0 Å². The number of hydrogen-bond acceptors (Lipinski definition) is 2. The highest BCUT2D eigenvalue weighted by Crippen LogP contribution is 2.13. The molecule has 3 heteroatoms. The first-order valence-electron chi connectivity index (χ1n) is 5.17. The van der Waals surface area contributed by atoms with Crippen LogP contribution in [0, 0.1) is 0 Å². The predicted molar refractivity (Wildman–Crippen MR) is 64.9 cm³/mol. The smallest absolute Gasteiger partial charge is 0.0446 e. The minimum atomic E-state index is 0.455. The molecule has 0 aliphatic rings. The van der Waals surface area contributed by atoms with Gasteiger partial charge in [-0.25, -0.2) is 0 Å². The van der Waals surface area contributed by atoms with Crippen LogP contribution in [0.1, 0.15) is 25.6 Å². The fourth-order valence-corrected chi connectivity index (χ4v) is 2.00. The highest BCUT2D eigenvalue weighted by molar-refractivity contribution is 7.98. The fraction of sp³-hybridized carbons (Fsp3) is 0.636. The minimum absolute atomic E-state index is 0.455. The van der Waals surface area contributed by atoms with Crippen LogP contribution in [0.25, 0.3) is 0 Å². The van der Waals surface area contributed by atoms with Crippen molar-refractivity contribution in [2.45, 2.75) is 26.4 Å². The van der Waals surface area contributed by atoms with Gasteiger partial charge < -0.3 is 9.88 Å². The normalized spacial score (nSPS) is 13.1. The van der Waals surface area contributed by atoms with Crippen LogP contribution >= 0.6 is 11.8 Å². The second-order valence-electron chi connectivity index (χ2n) is 3.40. The Bertz CT molecular complexity index is 258. The van der Waals surface area contributed by atoms with Gasteiger partial charge in [0.05, 0.1) is 0 Å². The quantitative estimate of drug-likeness (QED) is 0.780. The van der Waals surface area contributed by atoms with Crippen LogP contribution in [0.4, 0.5) is 0 Å². The highest BCUT2D eigenvalue weighted by atomic mass is 32.2. The van der Waals surface area contributed by atoms with Crippen LogP contribution in [0.2, 0.25) is 0 Å². The molecule has 0 saturated heterocycles. The summed E-state index contributed by atoms with van der Waals surface area (Å²) in [6.07, 6.45) is 4.32. The molecule has 1 heterocycles. The van der Waals surface area contributed by atoms with E-state index >= 15 is 0 Å². The zero-order valence-electron chi connectivity index (χ0n) is 9.29. The van der Waals surface area contributed by atoms with Crippen LogP contribution in [0.5, 0.6) is 0 Å². The van der Waals surface area contributed by atoms with Crippen molar-refractivity contribution in [3.05, 3.63) is 24.0 Å². The van der Waals surface area contributed by atoms with Crippen molar-refractivity contribution < 1.29 is 0 Å². The van der Waals surface area contributed by atoms with Gasteiger partial charge in [-0.1, -0.05) is 6.92 Å². The maximum atomic E-state index is 3.44. The summed E-state index contributed by atoms with van der Waals surface area (Å²) >= 11 is 1.89. The zero-order valence-corrected chi connectivity index (χ0v) is 10.1. The lowest BCUT2D eigenvalue weighted by Crippen LogP contribution is -2.20. The first kappa shape index (κ1) is 11.7. The van der Waals surface area contributed by atoms with Gasteiger partial charge in [0.25, 0.3) is 0 Å². The summed E-state index contributed by atoms with van der Waals surface area (Å²) in [6, 6.07) is 4.79. The van der Waals surface area contributed by atoms with Gasteiger partial charge in [0.15, 0.2) is 0 Å². The standard InChI is InChI=1S/C11H20N2S/c1-4-12-10(2)11-6-5-7-13(11)8-9-14-3/h5-7,10,12H,4,8-9H2,1-3H3. The number of nitrogens with one attached hydrogen (secondary N) is 1. The van der Waals surface area contributed by atoms with Crippen LogP contribution < -0.4 is 5.32 Å². The topological polar surface area (TPSA) is 17.0 Å². The first-order valence-corrected chi connectivity index (χ1v) is 6.56. The second kappa shape index (κ2) is 6.14. The summed E-state index contributed by atoms with van der Waals surface area (Å²) in [5, 5.41) is 3.44. The average Bonchev–Trinajstić information content (AvgIpc) is 2.63. The molecule has 0 amide bonds. The molecule has 0 aliphatic carbocycles. The molecule has 0 saturated carbocycles. The van der Waals surface area contributed by atoms with Crippen molar-refractivity contribution >= 4 is 11.8 Å². The van der Waals surface area contributed by atoms with Crippen molar-refractivity contribution in [1.29, 1.82) is 0 Å². The van der Waals surface area contributed by atoms with E-state index in [4.69, 9.17) is 0 Å². The molecule has 1 unspecified atom stereocenters. The first-order chi connectivity index (χ1) is 6.79. The summed E-state index contributed by atoms with van der Waals surface area (Å²) in [5.41, 5.74) is 1.39.